The summed E-state index contributed by atoms with van der Waals surface area (Å²) >= 11 is 0. The zero-order chi connectivity index (χ0) is 14.5. The summed E-state index contributed by atoms with van der Waals surface area (Å²) in [4.78, 5) is 12.0. The summed E-state index contributed by atoms with van der Waals surface area (Å²) in [5.41, 5.74) is 2.82. The van der Waals surface area contributed by atoms with E-state index in [4.69, 9.17) is 4.74 Å². The fourth-order valence-corrected chi connectivity index (χ4v) is 2.65. The highest BCUT2D eigenvalue weighted by molar-refractivity contribution is 5.81. The maximum Gasteiger partial charge on any atom is 0.261 e. The lowest BCUT2D eigenvalue weighted by Gasteiger charge is -2.21. The van der Waals surface area contributed by atoms with Crippen LogP contribution in [0.25, 0.3) is 0 Å². The molecule has 0 saturated carbocycles. The number of benzene rings is 1. The molecule has 0 saturated heterocycles. The second-order valence-corrected chi connectivity index (χ2v) is 5.82. The van der Waals surface area contributed by atoms with Crippen molar-refractivity contribution in [1.82, 2.24) is 5.32 Å². The highest BCUT2D eigenvalue weighted by atomic mass is 16.5. The highest BCUT2D eigenvalue weighted by Crippen LogP contribution is 2.26. The lowest BCUT2D eigenvalue weighted by Crippen LogP contribution is -2.41. The summed E-state index contributed by atoms with van der Waals surface area (Å²) in [5.74, 6) is 0.789. The second-order valence-electron chi connectivity index (χ2n) is 5.82. The van der Waals surface area contributed by atoms with Crippen LogP contribution in [0.3, 0.4) is 0 Å². The molecule has 1 unspecified atom stereocenters. The van der Waals surface area contributed by atoms with E-state index in [0.717, 1.165) is 12.2 Å². The van der Waals surface area contributed by atoms with Gasteiger partial charge in [0.05, 0.1) is 0 Å². The lowest BCUT2D eigenvalue weighted by molar-refractivity contribution is -0.128. The van der Waals surface area contributed by atoms with Crippen LogP contribution in [0.1, 0.15) is 51.2 Å². The van der Waals surface area contributed by atoms with Gasteiger partial charge in [0.15, 0.2) is 6.10 Å². The lowest BCUT2D eigenvalue weighted by atomic mass is 9.92. The summed E-state index contributed by atoms with van der Waals surface area (Å²) in [5, 5.41) is 2.91. The van der Waals surface area contributed by atoms with E-state index in [-0.39, 0.29) is 11.9 Å². The van der Waals surface area contributed by atoms with Gasteiger partial charge in [0, 0.05) is 6.04 Å². The van der Waals surface area contributed by atoms with Gasteiger partial charge < -0.3 is 10.1 Å². The van der Waals surface area contributed by atoms with Gasteiger partial charge in [-0.05, 0) is 69.2 Å². The number of ether oxygens (including phenoxy) is 1. The minimum atomic E-state index is -0.404. The molecule has 1 aliphatic rings. The quantitative estimate of drug-likeness (QED) is 0.896. The maximum absolute atomic E-state index is 12.0. The van der Waals surface area contributed by atoms with Gasteiger partial charge in [0.2, 0.25) is 0 Å². The molecule has 3 heteroatoms. The topological polar surface area (TPSA) is 38.3 Å². The van der Waals surface area contributed by atoms with E-state index in [9.17, 15) is 4.79 Å². The highest BCUT2D eigenvalue weighted by Gasteiger charge is 2.19. The summed E-state index contributed by atoms with van der Waals surface area (Å²) in [6.07, 6.45) is 5.10. The fraction of sp³-hybridized carbons (Fsp3) is 0.588. The third-order valence-corrected chi connectivity index (χ3v) is 3.69. The van der Waals surface area contributed by atoms with E-state index in [0.29, 0.717) is 6.42 Å². The molecule has 0 fully saturated rings. The van der Waals surface area contributed by atoms with Gasteiger partial charge in [0.1, 0.15) is 5.75 Å². The second kappa shape index (κ2) is 6.78. The van der Waals surface area contributed by atoms with Crippen molar-refractivity contribution in [2.75, 3.05) is 0 Å². The molecule has 1 aromatic carbocycles. The first-order chi connectivity index (χ1) is 9.60. The number of nitrogens with one attached hydrogen (secondary N) is 1. The molecule has 1 aliphatic carbocycles. The van der Waals surface area contributed by atoms with E-state index < -0.39 is 6.10 Å². The molecule has 0 aliphatic heterocycles. The Morgan fingerprint density at radius 1 is 1.25 bits per heavy atom. The number of fused-ring (bicyclic) bond motifs is 1. The summed E-state index contributed by atoms with van der Waals surface area (Å²) in [7, 11) is 0. The van der Waals surface area contributed by atoms with E-state index in [1.165, 1.54) is 30.4 Å². The van der Waals surface area contributed by atoms with Gasteiger partial charge in [-0.25, -0.2) is 0 Å². The van der Waals surface area contributed by atoms with Gasteiger partial charge >= 0.3 is 0 Å². The monoisotopic (exact) mass is 275 g/mol. The minimum Gasteiger partial charge on any atom is -0.481 e. The third kappa shape index (κ3) is 3.75. The van der Waals surface area contributed by atoms with Gasteiger partial charge in [-0.3, -0.25) is 4.79 Å². The first-order valence-electron chi connectivity index (χ1n) is 7.69. The zero-order valence-electron chi connectivity index (χ0n) is 12.7. The molecule has 0 bridgehead atoms. The molecule has 1 aromatic rings. The Morgan fingerprint density at radius 3 is 2.60 bits per heavy atom. The van der Waals surface area contributed by atoms with E-state index in [1.807, 2.05) is 26.8 Å². The summed E-state index contributed by atoms with van der Waals surface area (Å²) in [6.45, 7) is 5.90. The molecular weight excluding hydrogens is 250 g/mol. The minimum absolute atomic E-state index is 0.0276. The number of hydrogen-bond acceptors (Lipinski definition) is 2. The van der Waals surface area contributed by atoms with Crippen LogP contribution in [0.5, 0.6) is 5.75 Å². The number of rotatable bonds is 5. The molecule has 1 amide bonds. The number of carbonyl (C=O) groups excluding carboxylic acids is 1. The maximum atomic E-state index is 12.0. The molecule has 0 heterocycles. The van der Waals surface area contributed by atoms with Crippen molar-refractivity contribution in [2.45, 2.75) is 65.0 Å². The fourth-order valence-electron chi connectivity index (χ4n) is 2.65. The predicted molar refractivity (Wildman–Crippen MR) is 81.1 cm³/mol. The van der Waals surface area contributed by atoms with Crippen LogP contribution in [0, 0.1) is 0 Å². The molecule has 0 spiro atoms. The van der Waals surface area contributed by atoms with Crippen LogP contribution in [0.15, 0.2) is 18.2 Å². The predicted octanol–water partition coefficient (Wildman–Crippen LogP) is 3.25. The molecule has 0 aromatic heterocycles. The number of hydrogen-bond donors (Lipinski definition) is 1. The van der Waals surface area contributed by atoms with Crippen molar-refractivity contribution in [3.05, 3.63) is 29.3 Å². The largest absolute Gasteiger partial charge is 0.481 e. The molecule has 3 nitrogen and oxygen atoms in total. The van der Waals surface area contributed by atoms with Gasteiger partial charge in [0.25, 0.3) is 5.91 Å². The van der Waals surface area contributed by atoms with Crippen LogP contribution < -0.4 is 10.1 Å². The van der Waals surface area contributed by atoms with Gasteiger partial charge in [-0.1, -0.05) is 13.0 Å². The third-order valence-electron chi connectivity index (χ3n) is 3.69. The van der Waals surface area contributed by atoms with Crippen LogP contribution >= 0.6 is 0 Å². The van der Waals surface area contributed by atoms with Crippen molar-refractivity contribution < 1.29 is 9.53 Å². The van der Waals surface area contributed by atoms with E-state index in [2.05, 4.69) is 17.4 Å². The SMILES string of the molecule is CCC(Oc1ccc2c(c1)CCCC2)C(=O)NC(C)C. The van der Waals surface area contributed by atoms with Crippen LogP contribution in [-0.2, 0) is 17.6 Å². The van der Waals surface area contributed by atoms with E-state index in [1.54, 1.807) is 0 Å². The standard InChI is InChI=1S/C17H25NO2/c1-4-16(17(19)18-12(2)3)20-15-10-9-13-7-5-6-8-14(13)11-15/h9-12,16H,4-8H2,1-3H3,(H,18,19). The number of aryl methyl sites for hydroxylation is 2. The zero-order valence-corrected chi connectivity index (χ0v) is 12.7. The van der Waals surface area contributed by atoms with Gasteiger partial charge in [-0.15, -0.1) is 0 Å². The van der Waals surface area contributed by atoms with Crippen LogP contribution in [-0.4, -0.2) is 18.1 Å². The average Bonchev–Trinajstić information content (AvgIpc) is 2.43. The number of amides is 1. The molecule has 1 N–H and O–H groups in total. The normalized spacial score (nSPS) is 15.6. The van der Waals surface area contributed by atoms with Crippen molar-refractivity contribution in [2.24, 2.45) is 0 Å². The van der Waals surface area contributed by atoms with E-state index >= 15 is 0 Å². The molecule has 110 valence electrons. The summed E-state index contributed by atoms with van der Waals surface area (Å²) in [6, 6.07) is 6.40. The van der Waals surface area contributed by atoms with Crippen molar-refractivity contribution in [3.63, 3.8) is 0 Å². The van der Waals surface area contributed by atoms with Crippen LogP contribution in [0.2, 0.25) is 0 Å². The molecular formula is C17H25NO2. The molecule has 20 heavy (non-hydrogen) atoms. The average molecular weight is 275 g/mol. The summed E-state index contributed by atoms with van der Waals surface area (Å²) < 4.78 is 5.88. The molecule has 1 atom stereocenters. The Labute approximate surface area is 121 Å². The Hall–Kier alpha value is -1.51. The Kier molecular flexibility index (Phi) is 5.05. The smallest absolute Gasteiger partial charge is 0.261 e. The molecule has 2 rings (SSSR count). The van der Waals surface area contributed by atoms with Crippen molar-refractivity contribution in [1.29, 1.82) is 0 Å². The Morgan fingerprint density at radius 2 is 1.95 bits per heavy atom. The number of carbonyl (C=O) groups is 1. The molecule has 0 radical (unpaired) electrons. The van der Waals surface area contributed by atoms with Gasteiger partial charge in [-0.2, -0.15) is 0 Å². The Bertz CT molecular complexity index is 468. The Balaban J connectivity index is 2.05. The van der Waals surface area contributed by atoms with Crippen molar-refractivity contribution >= 4 is 5.91 Å². The first kappa shape index (κ1) is 14.9. The van der Waals surface area contributed by atoms with Crippen molar-refractivity contribution in [3.8, 4) is 5.75 Å². The first-order valence-corrected chi connectivity index (χ1v) is 7.69. The van der Waals surface area contributed by atoms with Crippen LogP contribution in [0.4, 0.5) is 0 Å².